The number of carbonyl (C=O) groups is 1. The number of hydrogen-bond acceptors (Lipinski definition) is 3. The van der Waals surface area contributed by atoms with Gasteiger partial charge in [0.05, 0.1) is 5.75 Å². The minimum Gasteiger partial charge on any atom is -0.329 e. The maximum Gasteiger partial charge on any atom is 0.234 e. The molecule has 19 heavy (non-hydrogen) atoms. The summed E-state index contributed by atoms with van der Waals surface area (Å²) in [6.07, 6.45) is 3.59. The average molecular weight is 275 g/mol. The molecule has 0 bridgehead atoms. The first-order chi connectivity index (χ1) is 9.06. The summed E-state index contributed by atoms with van der Waals surface area (Å²) in [6, 6.07) is 6.03. The van der Waals surface area contributed by atoms with Crippen LogP contribution < -0.4 is 5.32 Å². The number of aromatic nitrogens is 2. The molecule has 0 aliphatic carbocycles. The Morgan fingerprint density at radius 1 is 1.42 bits per heavy atom. The lowest BCUT2D eigenvalue weighted by Crippen LogP contribution is -2.15. The van der Waals surface area contributed by atoms with Crippen LogP contribution in [0.3, 0.4) is 0 Å². The van der Waals surface area contributed by atoms with Gasteiger partial charge in [-0.1, -0.05) is 23.9 Å². The molecule has 1 amide bonds. The quantitative estimate of drug-likeness (QED) is 0.873. The van der Waals surface area contributed by atoms with E-state index in [0.29, 0.717) is 5.75 Å². The summed E-state index contributed by atoms with van der Waals surface area (Å²) < 4.78 is 1.90. The molecule has 1 aromatic heterocycles. The molecule has 2 aromatic rings. The largest absolute Gasteiger partial charge is 0.329 e. The number of aryl methyl sites for hydroxylation is 3. The molecule has 0 radical (unpaired) electrons. The van der Waals surface area contributed by atoms with E-state index in [4.69, 9.17) is 0 Å². The van der Waals surface area contributed by atoms with Gasteiger partial charge in [0.1, 0.15) is 0 Å². The normalized spacial score (nSPS) is 10.5. The molecule has 0 aliphatic rings. The molecule has 5 heteroatoms. The summed E-state index contributed by atoms with van der Waals surface area (Å²) in [5.74, 6) is 0.347. The van der Waals surface area contributed by atoms with Gasteiger partial charge in [-0.25, -0.2) is 4.98 Å². The molecule has 2 rings (SSSR count). The van der Waals surface area contributed by atoms with E-state index in [1.165, 1.54) is 11.8 Å². The molecule has 1 aromatic carbocycles. The highest BCUT2D eigenvalue weighted by atomic mass is 32.2. The van der Waals surface area contributed by atoms with Crippen LogP contribution in [0, 0.1) is 13.8 Å². The van der Waals surface area contributed by atoms with Gasteiger partial charge in [0.15, 0.2) is 5.16 Å². The topological polar surface area (TPSA) is 46.9 Å². The number of rotatable bonds is 4. The van der Waals surface area contributed by atoms with Gasteiger partial charge in [-0.15, -0.1) is 0 Å². The number of thioether (sulfide) groups is 1. The Balaban J connectivity index is 1.94. The SMILES string of the molecule is Cc1ccc(C)c(NC(=O)CSc2nccn2C)c1. The molecule has 0 saturated heterocycles. The standard InChI is InChI=1S/C14H17N3OS/c1-10-4-5-11(2)12(8-10)16-13(18)9-19-14-15-6-7-17(14)3/h4-8H,9H2,1-3H3,(H,16,18). The lowest BCUT2D eigenvalue weighted by Gasteiger charge is -2.09. The number of nitrogens with one attached hydrogen (secondary N) is 1. The third-order valence-electron chi connectivity index (χ3n) is 2.78. The van der Waals surface area contributed by atoms with Crippen LogP contribution in [0.15, 0.2) is 35.7 Å². The Labute approximate surface area is 117 Å². The molecule has 0 unspecified atom stereocenters. The van der Waals surface area contributed by atoms with E-state index in [1.807, 2.05) is 49.9 Å². The molecule has 1 heterocycles. The van der Waals surface area contributed by atoms with Gasteiger partial charge in [0.25, 0.3) is 0 Å². The van der Waals surface area contributed by atoms with Crippen LogP contribution in [0.4, 0.5) is 5.69 Å². The first-order valence-corrected chi connectivity index (χ1v) is 7.02. The van der Waals surface area contributed by atoms with Gasteiger partial charge in [-0.05, 0) is 31.0 Å². The van der Waals surface area contributed by atoms with Gasteiger partial charge in [-0.3, -0.25) is 4.79 Å². The van der Waals surface area contributed by atoms with Crippen molar-refractivity contribution in [1.82, 2.24) is 9.55 Å². The molecule has 0 spiro atoms. The monoisotopic (exact) mass is 275 g/mol. The summed E-state index contributed by atoms with van der Waals surface area (Å²) >= 11 is 1.43. The minimum absolute atomic E-state index is 0.0123. The summed E-state index contributed by atoms with van der Waals surface area (Å²) in [4.78, 5) is 16.1. The van der Waals surface area contributed by atoms with Crippen molar-refractivity contribution in [3.8, 4) is 0 Å². The zero-order valence-electron chi connectivity index (χ0n) is 11.3. The van der Waals surface area contributed by atoms with Gasteiger partial charge in [0, 0.05) is 25.1 Å². The van der Waals surface area contributed by atoms with Crippen molar-refractivity contribution in [1.29, 1.82) is 0 Å². The van der Waals surface area contributed by atoms with Crippen molar-refractivity contribution in [2.24, 2.45) is 7.05 Å². The zero-order valence-corrected chi connectivity index (χ0v) is 12.1. The Hall–Kier alpha value is -1.75. The predicted molar refractivity (Wildman–Crippen MR) is 78.5 cm³/mol. The smallest absolute Gasteiger partial charge is 0.234 e. The van der Waals surface area contributed by atoms with Crippen LogP contribution >= 0.6 is 11.8 Å². The molecular formula is C14H17N3OS. The van der Waals surface area contributed by atoms with E-state index in [1.54, 1.807) is 6.20 Å². The second kappa shape index (κ2) is 5.93. The lowest BCUT2D eigenvalue weighted by molar-refractivity contribution is -0.113. The number of anilines is 1. The summed E-state index contributed by atoms with van der Waals surface area (Å²) in [5.41, 5.74) is 3.09. The molecule has 0 aliphatic heterocycles. The zero-order chi connectivity index (χ0) is 13.8. The van der Waals surface area contributed by atoms with E-state index in [2.05, 4.69) is 10.3 Å². The van der Waals surface area contributed by atoms with E-state index in [0.717, 1.165) is 22.0 Å². The Morgan fingerprint density at radius 3 is 2.89 bits per heavy atom. The highest BCUT2D eigenvalue weighted by Crippen LogP contribution is 2.18. The number of hydrogen-bond donors (Lipinski definition) is 1. The van der Waals surface area contributed by atoms with E-state index >= 15 is 0 Å². The van der Waals surface area contributed by atoms with E-state index in [9.17, 15) is 4.79 Å². The highest BCUT2D eigenvalue weighted by molar-refractivity contribution is 7.99. The minimum atomic E-state index is -0.0123. The van der Waals surface area contributed by atoms with Crippen LogP contribution in [0.2, 0.25) is 0 Å². The van der Waals surface area contributed by atoms with Crippen LogP contribution in [0.1, 0.15) is 11.1 Å². The maximum atomic E-state index is 11.9. The summed E-state index contributed by atoms with van der Waals surface area (Å²) in [6.45, 7) is 4.00. The van der Waals surface area contributed by atoms with Crippen LogP contribution in [-0.4, -0.2) is 21.2 Å². The van der Waals surface area contributed by atoms with Crippen molar-refractivity contribution in [3.05, 3.63) is 41.7 Å². The highest BCUT2D eigenvalue weighted by Gasteiger charge is 2.08. The Kier molecular flexibility index (Phi) is 4.27. The average Bonchev–Trinajstić information content (AvgIpc) is 2.77. The molecule has 1 N–H and O–H groups in total. The van der Waals surface area contributed by atoms with Crippen molar-refractivity contribution < 1.29 is 4.79 Å². The molecule has 4 nitrogen and oxygen atoms in total. The predicted octanol–water partition coefficient (Wildman–Crippen LogP) is 2.77. The molecule has 0 atom stereocenters. The Morgan fingerprint density at radius 2 is 2.21 bits per heavy atom. The second-order valence-corrected chi connectivity index (χ2v) is 5.42. The van der Waals surface area contributed by atoms with E-state index in [-0.39, 0.29) is 5.91 Å². The van der Waals surface area contributed by atoms with Gasteiger partial charge in [-0.2, -0.15) is 0 Å². The fraction of sp³-hybridized carbons (Fsp3) is 0.286. The van der Waals surface area contributed by atoms with Crippen LogP contribution in [0.25, 0.3) is 0 Å². The molecule has 100 valence electrons. The van der Waals surface area contributed by atoms with E-state index < -0.39 is 0 Å². The van der Waals surface area contributed by atoms with Gasteiger partial charge < -0.3 is 9.88 Å². The van der Waals surface area contributed by atoms with Crippen molar-refractivity contribution in [2.45, 2.75) is 19.0 Å². The fourth-order valence-corrected chi connectivity index (χ4v) is 2.41. The van der Waals surface area contributed by atoms with Crippen molar-refractivity contribution in [2.75, 3.05) is 11.1 Å². The summed E-state index contributed by atoms with van der Waals surface area (Å²) in [7, 11) is 1.91. The number of amides is 1. The van der Waals surface area contributed by atoms with Crippen LogP contribution in [0.5, 0.6) is 0 Å². The first-order valence-electron chi connectivity index (χ1n) is 6.03. The number of carbonyl (C=O) groups excluding carboxylic acids is 1. The fourth-order valence-electron chi connectivity index (χ4n) is 1.68. The summed E-state index contributed by atoms with van der Waals surface area (Å²) in [5, 5.41) is 3.78. The number of benzene rings is 1. The molecular weight excluding hydrogens is 258 g/mol. The maximum absolute atomic E-state index is 11.9. The van der Waals surface area contributed by atoms with Crippen molar-refractivity contribution >= 4 is 23.4 Å². The molecule has 0 saturated carbocycles. The lowest BCUT2D eigenvalue weighted by atomic mass is 10.1. The number of imidazole rings is 1. The molecule has 0 fully saturated rings. The third-order valence-corrected chi connectivity index (χ3v) is 3.83. The van der Waals surface area contributed by atoms with Gasteiger partial charge >= 0.3 is 0 Å². The number of nitrogens with zero attached hydrogens (tertiary/aromatic N) is 2. The third kappa shape index (κ3) is 3.61. The first kappa shape index (κ1) is 13.7. The van der Waals surface area contributed by atoms with Gasteiger partial charge in [0.2, 0.25) is 5.91 Å². The second-order valence-electron chi connectivity index (χ2n) is 4.48. The van der Waals surface area contributed by atoms with Crippen LogP contribution in [-0.2, 0) is 11.8 Å². The Bertz CT molecular complexity index is 592. The van der Waals surface area contributed by atoms with Crippen molar-refractivity contribution in [3.63, 3.8) is 0 Å².